The Labute approximate surface area is 116 Å². The predicted molar refractivity (Wildman–Crippen MR) is 67.0 cm³/mol. The van der Waals surface area contributed by atoms with Crippen molar-refractivity contribution in [2.45, 2.75) is 18.9 Å². The fourth-order valence-corrected chi connectivity index (χ4v) is 2.08. The number of carboxylic acid groups (broad SMARTS) is 3. The van der Waals surface area contributed by atoms with E-state index >= 15 is 0 Å². The van der Waals surface area contributed by atoms with Crippen molar-refractivity contribution in [3.05, 3.63) is 21.9 Å². The number of aliphatic carboxylic acids is 2. The summed E-state index contributed by atoms with van der Waals surface area (Å²) < 4.78 is 0. The van der Waals surface area contributed by atoms with Crippen LogP contribution in [-0.2, 0) is 9.59 Å². The van der Waals surface area contributed by atoms with E-state index in [-0.39, 0.29) is 16.2 Å². The van der Waals surface area contributed by atoms with Gasteiger partial charge < -0.3 is 20.6 Å². The quantitative estimate of drug-likeness (QED) is 0.574. The van der Waals surface area contributed by atoms with Crippen LogP contribution in [0, 0.1) is 0 Å². The summed E-state index contributed by atoms with van der Waals surface area (Å²) in [5.41, 5.74) is 0. The van der Waals surface area contributed by atoms with Gasteiger partial charge in [-0.2, -0.15) is 0 Å². The van der Waals surface area contributed by atoms with Crippen LogP contribution in [0.5, 0.6) is 0 Å². The summed E-state index contributed by atoms with van der Waals surface area (Å²) >= 11 is 0.706. The average molecular weight is 301 g/mol. The lowest BCUT2D eigenvalue weighted by Gasteiger charge is -2.12. The lowest BCUT2D eigenvalue weighted by atomic mass is 10.1. The molecular weight excluding hydrogens is 290 g/mol. The van der Waals surface area contributed by atoms with Crippen molar-refractivity contribution in [1.82, 2.24) is 5.32 Å². The van der Waals surface area contributed by atoms with Crippen molar-refractivity contribution in [1.29, 1.82) is 0 Å². The molecule has 108 valence electrons. The van der Waals surface area contributed by atoms with Crippen LogP contribution in [0.2, 0.25) is 0 Å². The minimum absolute atomic E-state index is 0.0453. The smallest absolute Gasteiger partial charge is 0.345 e. The van der Waals surface area contributed by atoms with E-state index in [4.69, 9.17) is 15.3 Å². The number of carbonyl (C=O) groups is 4. The van der Waals surface area contributed by atoms with E-state index in [2.05, 4.69) is 5.32 Å². The second-order valence-corrected chi connectivity index (χ2v) is 4.85. The van der Waals surface area contributed by atoms with Gasteiger partial charge in [0.1, 0.15) is 10.9 Å². The third kappa shape index (κ3) is 4.35. The highest BCUT2D eigenvalue weighted by molar-refractivity contribution is 7.15. The Morgan fingerprint density at radius 3 is 2.15 bits per heavy atom. The third-order valence-electron chi connectivity index (χ3n) is 2.29. The molecule has 1 aromatic rings. The number of carbonyl (C=O) groups excluding carboxylic acids is 1. The molecular formula is C11H11NO7S. The third-order valence-corrected chi connectivity index (χ3v) is 3.36. The van der Waals surface area contributed by atoms with E-state index in [1.807, 2.05) is 0 Å². The molecule has 1 rings (SSSR count). The number of hydrogen-bond donors (Lipinski definition) is 4. The number of thiophene rings is 1. The van der Waals surface area contributed by atoms with Gasteiger partial charge in [-0.15, -0.1) is 11.3 Å². The van der Waals surface area contributed by atoms with E-state index in [0.29, 0.717) is 11.3 Å². The van der Waals surface area contributed by atoms with Crippen molar-refractivity contribution in [2.75, 3.05) is 0 Å². The first-order chi connectivity index (χ1) is 9.31. The summed E-state index contributed by atoms with van der Waals surface area (Å²) in [5.74, 6) is -4.46. The van der Waals surface area contributed by atoms with Gasteiger partial charge >= 0.3 is 17.9 Å². The van der Waals surface area contributed by atoms with Crippen LogP contribution in [0.15, 0.2) is 12.1 Å². The molecule has 0 aliphatic rings. The minimum atomic E-state index is -1.35. The van der Waals surface area contributed by atoms with E-state index < -0.39 is 36.3 Å². The Hall–Kier alpha value is -2.42. The zero-order valence-corrected chi connectivity index (χ0v) is 10.8. The standard InChI is InChI=1S/C11H11NO7S/c13-8(14)4-1-5(10(16)17)12-9(15)6-2-3-7(20-6)11(18)19/h2-3,5H,1,4H2,(H,12,15)(H,13,14)(H,16,17)(H,18,19)/t5-/m0/s1. The molecule has 0 radical (unpaired) electrons. The van der Waals surface area contributed by atoms with Crippen LogP contribution in [0.25, 0.3) is 0 Å². The first-order valence-electron chi connectivity index (χ1n) is 5.40. The molecule has 4 N–H and O–H groups in total. The van der Waals surface area contributed by atoms with Crippen molar-refractivity contribution in [2.24, 2.45) is 0 Å². The Balaban J connectivity index is 2.72. The van der Waals surface area contributed by atoms with Crippen LogP contribution >= 0.6 is 11.3 Å². The maximum absolute atomic E-state index is 11.7. The van der Waals surface area contributed by atoms with Crippen molar-refractivity contribution in [3.63, 3.8) is 0 Å². The minimum Gasteiger partial charge on any atom is -0.481 e. The molecule has 0 saturated carbocycles. The van der Waals surface area contributed by atoms with E-state index in [0.717, 1.165) is 0 Å². The Morgan fingerprint density at radius 2 is 1.70 bits per heavy atom. The maximum Gasteiger partial charge on any atom is 0.345 e. The first kappa shape index (κ1) is 15.6. The lowest BCUT2D eigenvalue weighted by molar-refractivity contribution is -0.140. The van der Waals surface area contributed by atoms with Crippen molar-refractivity contribution in [3.8, 4) is 0 Å². The second kappa shape index (κ2) is 6.66. The summed E-state index contributed by atoms with van der Waals surface area (Å²) in [4.78, 5) is 43.7. The van der Waals surface area contributed by atoms with E-state index in [9.17, 15) is 19.2 Å². The summed E-state index contributed by atoms with van der Waals surface area (Å²) in [6, 6.07) is 1.16. The fraction of sp³-hybridized carbons (Fsp3) is 0.273. The van der Waals surface area contributed by atoms with Crippen LogP contribution in [-0.4, -0.2) is 45.2 Å². The number of nitrogens with one attached hydrogen (secondary N) is 1. The SMILES string of the molecule is O=C(O)CC[C@H](NC(=O)c1ccc(C(=O)O)s1)C(=O)O. The van der Waals surface area contributed by atoms with Gasteiger partial charge in [0.15, 0.2) is 0 Å². The summed E-state index contributed by atoms with van der Waals surface area (Å²) in [6.45, 7) is 0. The highest BCUT2D eigenvalue weighted by atomic mass is 32.1. The fourth-order valence-electron chi connectivity index (χ4n) is 1.33. The molecule has 0 aliphatic heterocycles. The normalized spacial score (nSPS) is 11.6. The van der Waals surface area contributed by atoms with Crippen LogP contribution in [0.4, 0.5) is 0 Å². The summed E-state index contributed by atoms with van der Waals surface area (Å²) in [5, 5.41) is 28.2. The number of aromatic carboxylic acids is 1. The molecule has 20 heavy (non-hydrogen) atoms. The van der Waals surface area contributed by atoms with E-state index in [1.54, 1.807) is 0 Å². The number of rotatable bonds is 7. The molecule has 0 saturated heterocycles. The van der Waals surface area contributed by atoms with E-state index in [1.165, 1.54) is 12.1 Å². The molecule has 0 unspecified atom stereocenters. The lowest BCUT2D eigenvalue weighted by Crippen LogP contribution is -2.40. The molecule has 0 aliphatic carbocycles. The number of hydrogen-bond acceptors (Lipinski definition) is 5. The molecule has 1 heterocycles. The predicted octanol–water partition coefficient (Wildman–Crippen LogP) is 0.494. The number of carboxylic acids is 3. The molecule has 1 amide bonds. The maximum atomic E-state index is 11.7. The summed E-state index contributed by atoms with van der Waals surface area (Å²) in [7, 11) is 0. The highest BCUT2D eigenvalue weighted by Crippen LogP contribution is 2.16. The second-order valence-electron chi connectivity index (χ2n) is 3.77. The number of amides is 1. The molecule has 9 heteroatoms. The molecule has 0 bridgehead atoms. The molecule has 1 atom stereocenters. The zero-order valence-electron chi connectivity index (χ0n) is 10.0. The largest absolute Gasteiger partial charge is 0.481 e. The molecule has 0 aromatic carbocycles. The van der Waals surface area contributed by atoms with Crippen molar-refractivity contribution >= 4 is 35.2 Å². The van der Waals surface area contributed by atoms with Gasteiger partial charge in [-0.3, -0.25) is 9.59 Å². The van der Waals surface area contributed by atoms with Gasteiger partial charge in [-0.05, 0) is 18.6 Å². The average Bonchev–Trinajstić information content (AvgIpc) is 2.83. The molecule has 0 fully saturated rings. The van der Waals surface area contributed by atoms with Crippen LogP contribution in [0.3, 0.4) is 0 Å². The van der Waals surface area contributed by atoms with Gasteiger partial charge in [-0.1, -0.05) is 0 Å². The van der Waals surface area contributed by atoms with Crippen LogP contribution in [0.1, 0.15) is 32.2 Å². The van der Waals surface area contributed by atoms with Crippen LogP contribution < -0.4 is 5.32 Å². The molecule has 0 spiro atoms. The van der Waals surface area contributed by atoms with Gasteiger partial charge in [0.05, 0.1) is 4.88 Å². The Bertz CT molecular complexity index is 551. The molecule has 1 aromatic heterocycles. The van der Waals surface area contributed by atoms with Gasteiger partial charge in [0.25, 0.3) is 5.91 Å². The van der Waals surface area contributed by atoms with Gasteiger partial charge in [-0.25, -0.2) is 9.59 Å². The van der Waals surface area contributed by atoms with Gasteiger partial charge in [0, 0.05) is 6.42 Å². The highest BCUT2D eigenvalue weighted by Gasteiger charge is 2.22. The Morgan fingerprint density at radius 1 is 1.10 bits per heavy atom. The molecule has 8 nitrogen and oxygen atoms in total. The first-order valence-corrected chi connectivity index (χ1v) is 6.21. The zero-order chi connectivity index (χ0) is 15.3. The topological polar surface area (TPSA) is 141 Å². The Kier molecular flexibility index (Phi) is 5.21. The summed E-state index contributed by atoms with van der Waals surface area (Å²) in [6.07, 6.45) is -0.657. The van der Waals surface area contributed by atoms with Crippen molar-refractivity contribution < 1.29 is 34.5 Å². The monoisotopic (exact) mass is 301 g/mol. The van der Waals surface area contributed by atoms with Gasteiger partial charge in [0.2, 0.25) is 0 Å².